The summed E-state index contributed by atoms with van der Waals surface area (Å²) < 4.78 is 4.70. The van der Waals surface area contributed by atoms with Gasteiger partial charge in [0.2, 0.25) is 5.91 Å². The highest BCUT2D eigenvalue weighted by molar-refractivity contribution is 5.98. The van der Waals surface area contributed by atoms with Crippen molar-refractivity contribution in [3.05, 3.63) is 70.9 Å². The predicted octanol–water partition coefficient (Wildman–Crippen LogP) is 2.82. The van der Waals surface area contributed by atoms with E-state index in [4.69, 9.17) is 4.74 Å². The minimum Gasteiger partial charge on any atom is -0.465 e. The van der Waals surface area contributed by atoms with Crippen LogP contribution in [0.4, 0.5) is 0 Å². The zero-order chi connectivity index (χ0) is 23.3. The van der Waals surface area contributed by atoms with Crippen molar-refractivity contribution in [1.82, 2.24) is 14.9 Å². The number of nitrogens with zero attached hydrogens (tertiary/aromatic N) is 3. The number of rotatable bonds is 3. The van der Waals surface area contributed by atoms with Crippen molar-refractivity contribution < 1.29 is 19.1 Å². The summed E-state index contributed by atoms with van der Waals surface area (Å²) in [4.78, 5) is 43.4. The Kier molecular flexibility index (Phi) is 4.81. The number of aromatic nitrogens is 1. The van der Waals surface area contributed by atoms with Gasteiger partial charge in [-0.2, -0.15) is 5.10 Å². The van der Waals surface area contributed by atoms with Gasteiger partial charge in [-0.15, -0.1) is 0 Å². The zero-order valence-electron chi connectivity index (χ0n) is 18.7. The fourth-order valence-corrected chi connectivity index (χ4v) is 4.92. The number of fused-ring (bicyclic) bond motifs is 4. The van der Waals surface area contributed by atoms with Crippen LogP contribution in [0.3, 0.4) is 0 Å². The van der Waals surface area contributed by atoms with Crippen LogP contribution >= 0.6 is 0 Å². The standard InChI is InChI=1S/C25H24N4O4/c1-25(2)22-18(17-6-4-5-7-19(17)27-22)12-20-23(31)28(14-21(30)29(20)25)26-13-15-8-10-16(11-9-15)24(32)33-3/h4-11,13,20,27H,12,14H2,1-3H3. The summed E-state index contributed by atoms with van der Waals surface area (Å²) in [5.41, 5.74) is 3.53. The third-order valence-corrected chi connectivity index (χ3v) is 6.51. The molecule has 0 saturated carbocycles. The Labute approximate surface area is 190 Å². The minimum atomic E-state index is -0.649. The first-order chi connectivity index (χ1) is 15.8. The lowest BCUT2D eigenvalue weighted by atomic mass is 9.82. The van der Waals surface area contributed by atoms with Gasteiger partial charge in [0, 0.05) is 23.0 Å². The number of aromatic amines is 1. The number of hydrogen-bond donors (Lipinski definition) is 1. The summed E-state index contributed by atoms with van der Waals surface area (Å²) in [5, 5.41) is 6.63. The molecule has 2 aliphatic rings. The second-order valence-electron chi connectivity index (χ2n) is 8.82. The van der Waals surface area contributed by atoms with Crippen molar-refractivity contribution in [1.29, 1.82) is 0 Å². The minimum absolute atomic E-state index is 0.120. The molecule has 1 fully saturated rings. The summed E-state index contributed by atoms with van der Waals surface area (Å²) in [7, 11) is 1.33. The molecule has 168 valence electrons. The van der Waals surface area contributed by atoms with E-state index >= 15 is 0 Å². The van der Waals surface area contributed by atoms with Gasteiger partial charge in [-0.05, 0) is 43.2 Å². The molecule has 1 aromatic heterocycles. The van der Waals surface area contributed by atoms with Crippen LogP contribution in [0, 0.1) is 0 Å². The van der Waals surface area contributed by atoms with Gasteiger partial charge in [0.15, 0.2) is 0 Å². The Morgan fingerprint density at radius 1 is 1.15 bits per heavy atom. The normalized spacial score (nSPS) is 19.7. The Hall–Kier alpha value is -3.94. The van der Waals surface area contributed by atoms with E-state index in [1.54, 1.807) is 29.2 Å². The van der Waals surface area contributed by atoms with Crippen molar-refractivity contribution in [3.63, 3.8) is 0 Å². The van der Waals surface area contributed by atoms with Gasteiger partial charge in [0.25, 0.3) is 5.91 Å². The van der Waals surface area contributed by atoms with Crippen LogP contribution in [-0.2, 0) is 26.3 Å². The molecule has 5 rings (SSSR count). The fourth-order valence-electron chi connectivity index (χ4n) is 4.92. The number of hydrazone groups is 1. The summed E-state index contributed by atoms with van der Waals surface area (Å²) >= 11 is 0. The topological polar surface area (TPSA) is 95.1 Å². The molecule has 1 N–H and O–H groups in total. The quantitative estimate of drug-likeness (QED) is 0.496. The SMILES string of the molecule is COC(=O)c1ccc(C=NN2CC(=O)N3C(Cc4c([nH]c5ccccc45)C3(C)C)C2=O)cc1. The molecular weight excluding hydrogens is 420 g/mol. The molecule has 0 radical (unpaired) electrons. The van der Waals surface area contributed by atoms with Gasteiger partial charge in [-0.1, -0.05) is 30.3 Å². The Morgan fingerprint density at radius 2 is 1.88 bits per heavy atom. The maximum absolute atomic E-state index is 13.4. The van der Waals surface area contributed by atoms with Crippen molar-refractivity contribution in [3.8, 4) is 0 Å². The van der Waals surface area contributed by atoms with Crippen molar-refractivity contribution in [2.45, 2.75) is 31.8 Å². The molecular formula is C25H24N4O4. The summed E-state index contributed by atoms with van der Waals surface area (Å²) in [5.74, 6) is -0.778. The van der Waals surface area contributed by atoms with Crippen LogP contribution in [0.1, 0.15) is 41.0 Å². The van der Waals surface area contributed by atoms with Crippen LogP contribution in [0.2, 0.25) is 0 Å². The number of esters is 1. The second kappa shape index (κ2) is 7.58. The largest absolute Gasteiger partial charge is 0.465 e. The predicted molar refractivity (Wildman–Crippen MR) is 123 cm³/mol. The van der Waals surface area contributed by atoms with Gasteiger partial charge < -0.3 is 14.6 Å². The number of H-pyrrole nitrogens is 1. The lowest BCUT2D eigenvalue weighted by Gasteiger charge is -2.50. The number of benzene rings is 2. The first-order valence-corrected chi connectivity index (χ1v) is 10.8. The highest BCUT2D eigenvalue weighted by atomic mass is 16.5. The molecule has 8 nitrogen and oxygen atoms in total. The van der Waals surface area contributed by atoms with Crippen LogP contribution in [-0.4, -0.2) is 58.6 Å². The molecule has 0 aliphatic carbocycles. The lowest BCUT2D eigenvalue weighted by molar-refractivity contribution is -0.163. The third kappa shape index (κ3) is 3.29. The van der Waals surface area contributed by atoms with E-state index in [1.165, 1.54) is 18.3 Å². The molecule has 3 aromatic rings. The van der Waals surface area contributed by atoms with Gasteiger partial charge in [-0.25, -0.2) is 9.80 Å². The number of hydrogen-bond acceptors (Lipinski definition) is 5. The number of amides is 2. The number of para-hydroxylation sites is 1. The van der Waals surface area contributed by atoms with E-state index in [-0.39, 0.29) is 18.4 Å². The molecule has 2 aliphatic heterocycles. The molecule has 2 aromatic carbocycles. The first-order valence-electron chi connectivity index (χ1n) is 10.8. The average molecular weight is 444 g/mol. The van der Waals surface area contributed by atoms with Gasteiger partial charge in [-0.3, -0.25) is 9.59 Å². The fraction of sp³-hybridized carbons (Fsp3) is 0.280. The third-order valence-electron chi connectivity index (χ3n) is 6.51. The Balaban J connectivity index is 1.44. The first kappa shape index (κ1) is 20.9. The van der Waals surface area contributed by atoms with Crippen LogP contribution in [0.15, 0.2) is 53.6 Å². The van der Waals surface area contributed by atoms with Gasteiger partial charge >= 0.3 is 5.97 Å². The Morgan fingerprint density at radius 3 is 2.61 bits per heavy atom. The molecule has 1 atom stereocenters. The van der Waals surface area contributed by atoms with Crippen molar-refractivity contribution >= 4 is 34.9 Å². The lowest BCUT2D eigenvalue weighted by Crippen LogP contribution is -2.66. The molecule has 2 amide bonds. The second-order valence-corrected chi connectivity index (χ2v) is 8.82. The van der Waals surface area contributed by atoms with E-state index in [0.29, 0.717) is 17.5 Å². The summed E-state index contributed by atoms with van der Waals surface area (Å²) in [6, 6.07) is 14.0. The van der Waals surface area contributed by atoms with Crippen LogP contribution in [0.25, 0.3) is 10.9 Å². The molecule has 33 heavy (non-hydrogen) atoms. The van der Waals surface area contributed by atoms with E-state index in [0.717, 1.165) is 22.2 Å². The van der Waals surface area contributed by atoms with E-state index in [2.05, 4.69) is 10.1 Å². The van der Waals surface area contributed by atoms with Crippen LogP contribution < -0.4 is 0 Å². The van der Waals surface area contributed by atoms with Crippen LogP contribution in [0.5, 0.6) is 0 Å². The summed E-state index contributed by atoms with van der Waals surface area (Å²) in [6.45, 7) is 3.83. The van der Waals surface area contributed by atoms with Crippen molar-refractivity contribution in [2.75, 3.05) is 13.7 Å². The van der Waals surface area contributed by atoms with Gasteiger partial charge in [0.05, 0.1) is 24.4 Å². The molecule has 0 bridgehead atoms. The van der Waals surface area contributed by atoms with E-state index < -0.39 is 17.6 Å². The smallest absolute Gasteiger partial charge is 0.337 e. The molecule has 8 heteroatoms. The van der Waals surface area contributed by atoms with Crippen molar-refractivity contribution in [2.24, 2.45) is 5.10 Å². The number of methoxy groups -OCH3 is 1. The maximum atomic E-state index is 13.4. The average Bonchev–Trinajstić information content (AvgIpc) is 3.20. The number of carbonyl (C=O) groups is 3. The van der Waals surface area contributed by atoms with E-state index in [1.807, 2.05) is 38.1 Å². The highest BCUT2D eigenvalue weighted by Gasteiger charge is 2.51. The monoisotopic (exact) mass is 444 g/mol. The number of nitrogens with one attached hydrogen (secondary N) is 1. The molecule has 3 heterocycles. The van der Waals surface area contributed by atoms with E-state index in [9.17, 15) is 14.4 Å². The highest BCUT2D eigenvalue weighted by Crippen LogP contribution is 2.42. The summed E-state index contributed by atoms with van der Waals surface area (Å²) in [6.07, 6.45) is 1.96. The molecule has 1 saturated heterocycles. The molecule has 1 unspecified atom stereocenters. The number of piperazine rings is 1. The Bertz CT molecular complexity index is 1310. The zero-order valence-corrected chi connectivity index (χ0v) is 18.7. The maximum Gasteiger partial charge on any atom is 0.337 e. The number of carbonyl (C=O) groups excluding carboxylic acids is 3. The number of ether oxygens (including phenoxy) is 1. The molecule has 0 spiro atoms. The van der Waals surface area contributed by atoms with Gasteiger partial charge in [0.1, 0.15) is 12.6 Å².